The zero-order chi connectivity index (χ0) is 16.5. The zero-order valence-electron chi connectivity index (χ0n) is 13.5. The molecule has 1 aromatic rings. The number of benzene rings is 1. The molecule has 0 heterocycles. The Labute approximate surface area is 133 Å². The van der Waals surface area contributed by atoms with Gasteiger partial charge in [0, 0.05) is 6.42 Å². The van der Waals surface area contributed by atoms with E-state index in [9.17, 15) is 8.42 Å². The Hall–Kier alpha value is -1.38. The van der Waals surface area contributed by atoms with Crippen LogP contribution in [0, 0.1) is 35.5 Å². The Morgan fingerprint density at radius 2 is 1.86 bits per heavy atom. The van der Waals surface area contributed by atoms with Crippen LogP contribution in [0.4, 0.5) is 0 Å². The van der Waals surface area contributed by atoms with Gasteiger partial charge in [0.05, 0.1) is 17.1 Å². The van der Waals surface area contributed by atoms with Crippen molar-refractivity contribution in [2.75, 3.05) is 0 Å². The first-order valence-corrected chi connectivity index (χ1v) is 8.96. The van der Waals surface area contributed by atoms with Crippen LogP contribution in [-0.4, -0.2) is 14.5 Å². The smallest absolute Gasteiger partial charge is 0.263 e. The van der Waals surface area contributed by atoms with Crippen LogP contribution in [0.2, 0.25) is 0 Å². The average Bonchev–Trinajstić information content (AvgIpc) is 2.91. The summed E-state index contributed by atoms with van der Waals surface area (Å²) >= 11 is 0. The molecule has 0 N–H and O–H groups in total. The van der Waals surface area contributed by atoms with Crippen molar-refractivity contribution in [1.82, 2.24) is 0 Å². The molecule has 1 fully saturated rings. The molecule has 0 aromatic heterocycles. The van der Waals surface area contributed by atoms with E-state index in [4.69, 9.17) is 9.44 Å². The quantitative estimate of drug-likeness (QED) is 0.750. The third kappa shape index (κ3) is 3.50. The number of hydrogen-bond donors (Lipinski definition) is 0. The number of nitrogens with zero attached hydrogens (tertiary/aromatic N) is 1. The predicted octanol–water partition coefficient (Wildman–Crippen LogP) is 3.66. The van der Waals surface area contributed by atoms with Gasteiger partial charge < -0.3 is 0 Å². The predicted molar refractivity (Wildman–Crippen MR) is 84.5 cm³/mol. The molecule has 4 nitrogen and oxygen atoms in total. The fraction of sp³-hybridized carbons (Fsp3) is 0.588. The number of aryl methyl sites for hydroxylation is 1. The summed E-state index contributed by atoms with van der Waals surface area (Å²) in [5.41, 5.74) is 1.10. The maximum Gasteiger partial charge on any atom is 0.297 e. The Kier molecular flexibility index (Phi) is 4.65. The summed E-state index contributed by atoms with van der Waals surface area (Å²) in [6, 6.07) is 8.86. The summed E-state index contributed by atoms with van der Waals surface area (Å²) in [4.78, 5) is 0.189. The van der Waals surface area contributed by atoms with E-state index in [2.05, 4.69) is 19.9 Å². The van der Waals surface area contributed by atoms with E-state index in [1.54, 1.807) is 31.2 Å². The second kappa shape index (κ2) is 6.02. The molecule has 0 aliphatic heterocycles. The van der Waals surface area contributed by atoms with Gasteiger partial charge in [0.25, 0.3) is 10.1 Å². The van der Waals surface area contributed by atoms with Gasteiger partial charge in [-0.2, -0.15) is 13.7 Å². The van der Waals surface area contributed by atoms with Crippen molar-refractivity contribution < 1.29 is 12.6 Å². The van der Waals surface area contributed by atoms with E-state index in [0.29, 0.717) is 24.7 Å². The fourth-order valence-corrected chi connectivity index (χ4v) is 4.29. The molecule has 1 aliphatic rings. The Morgan fingerprint density at radius 3 is 2.41 bits per heavy atom. The van der Waals surface area contributed by atoms with Crippen LogP contribution in [0.1, 0.15) is 39.2 Å². The largest absolute Gasteiger partial charge is 0.297 e. The summed E-state index contributed by atoms with van der Waals surface area (Å²) < 4.78 is 29.8. The highest BCUT2D eigenvalue weighted by atomic mass is 32.2. The van der Waals surface area contributed by atoms with Crippen LogP contribution in [0.3, 0.4) is 0 Å². The highest BCUT2D eigenvalue weighted by Gasteiger charge is 2.57. The van der Waals surface area contributed by atoms with Gasteiger partial charge in [0.2, 0.25) is 0 Å². The van der Waals surface area contributed by atoms with Gasteiger partial charge >= 0.3 is 0 Å². The minimum Gasteiger partial charge on any atom is -0.263 e. The average molecular weight is 321 g/mol. The van der Waals surface area contributed by atoms with Crippen molar-refractivity contribution in [3.63, 3.8) is 0 Å². The molecule has 5 heteroatoms. The van der Waals surface area contributed by atoms with Crippen LogP contribution in [0.5, 0.6) is 0 Å². The monoisotopic (exact) mass is 321 g/mol. The normalized spacial score (nSPS) is 24.5. The summed E-state index contributed by atoms with van der Waals surface area (Å²) in [5.74, 6) is 0.681. The van der Waals surface area contributed by atoms with Crippen molar-refractivity contribution in [1.29, 1.82) is 5.26 Å². The molecule has 2 rings (SSSR count). The first-order chi connectivity index (χ1) is 10.2. The molecule has 22 heavy (non-hydrogen) atoms. The highest BCUT2D eigenvalue weighted by Crippen LogP contribution is 2.62. The van der Waals surface area contributed by atoms with E-state index in [1.165, 1.54) is 0 Å². The van der Waals surface area contributed by atoms with Gasteiger partial charge in [-0.15, -0.1) is 0 Å². The summed E-state index contributed by atoms with van der Waals surface area (Å²) in [7, 11) is -3.73. The molecular formula is C17H23NO3S. The molecule has 0 spiro atoms. The first kappa shape index (κ1) is 17.0. The molecular weight excluding hydrogens is 298 g/mol. The van der Waals surface area contributed by atoms with E-state index >= 15 is 0 Å². The number of hydrogen-bond acceptors (Lipinski definition) is 4. The van der Waals surface area contributed by atoms with Crippen molar-refractivity contribution in [3.8, 4) is 6.07 Å². The van der Waals surface area contributed by atoms with E-state index < -0.39 is 10.1 Å². The SMILES string of the molecule is Cc1ccc(S(=O)(=O)O[C@@H](C)C[C@H]2[C@@H](CC#N)C2(C)C)cc1. The van der Waals surface area contributed by atoms with Crippen LogP contribution >= 0.6 is 0 Å². The maximum atomic E-state index is 12.2. The fourth-order valence-electron chi connectivity index (χ4n) is 3.20. The van der Waals surface area contributed by atoms with Crippen LogP contribution < -0.4 is 0 Å². The van der Waals surface area contributed by atoms with Gasteiger partial charge in [-0.3, -0.25) is 4.18 Å². The van der Waals surface area contributed by atoms with Crippen molar-refractivity contribution in [2.24, 2.45) is 17.3 Å². The molecule has 0 bridgehead atoms. The van der Waals surface area contributed by atoms with E-state index in [-0.39, 0.29) is 16.4 Å². The van der Waals surface area contributed by atoms with Crippen molar-refractivity contribution in [3.05, 3.63) is 29.8 Å². The van der Waals surface area contributed by atoms with Crippen LogP contribution in [-0.2, 0) is 14.3 Å². The minimum absolute atomic E-state index is 0.0982. The molecule has 0 radical (unpaired) electrons. The molecule has 1 aliphatic carbocycles. The Morgan fingerprint density at radius 1 is 1.27 bits per heavy atom. The molecule has 1 saturated carbocycles. The standard InChI is InChI=1S/C17H23NO3S/c1-12-5-7-14(8-6-12)22(19,20)21-13(2)11-16-15(9-10-18)17(16,3)4/h5-8,13,15-16H,9,11H2,1-4H3/t13-,15+,16-/m0/s1. The van der Waals surface area contributed by atoms with Crippen LogP contribution in [0.25, 0.3) is 0 Å². The van der Waals surface area contributed by atoms with Crippen LogP contribution in [0.15, 0.2) is 29.2 Å². The topological polar surface area (TPSA) is 67.2 Å². The lowest BCUT2D eigenvalue weighted by atomic mass is 10.1. The lowest BCUT2D eigenvalue weighted by molar-refractivity contribution is 0.203. The molecule has 120 valence electrons. The summed E-state index contributed by atoms with van der Waals surface area (Å²) in [6.45, 7) is 7.94. The first-order valence-electron chi connectivity index (χ1n) is 7.55. The van der Waals surface area contributed by atoms with Gasteiger partial charge in [-0.05, 0) is 49.7 Å². The Bertz CT molecular complexity index is 671. The molecule has 0 unspecified atom stereocenters. The van der Waals surface area contributed by atoms with E-state index in [0.717, 1.165) is 5.56 Å². The van der Waals surface area contributed by atoms with Crippen molar-refractivity contribution >= 4 is 10.1 Å². The molecule has 0 saturated heterocycles. The lowest BCUT2D eigenvalue weighted by Crippen LogP contribution is -2.17. The number of nitriles is 1. The lowest BCUT2D eigenvalue weighted by Gasteiger charge is -2.14. The van der Waals surface area contributed by atoms with Crippen molar-refractivity contribution in [2.45, 2.75) is 51.5 Å². The highest BCUT2D eigenvalue weighted by molar-refractivity contribution is 7.86. The van der Waals surface area contributed by atoms with Gasteiger partial charge in [-0.1, -0.05) is 31.5 Å². The van der Waals surface area contributed by atoms with Gasteiger partial charge in [0.1, 0.15) is 0 Å². The second-order valence-corrected chi connectivity index (χ2v) is 8.38. The zero-order valence-corrected chi connectivity index (χ0v) is 14.4. The third-order valence-electron chi connectivity index (χ3n) is 4.79. The minimum atomic E-state index is -3.73. The Balaban J connectivity index is 1.99. The molecule has 3 atom stereocenters. The third-order valence-corrected chi connectivity index (χ3v) is 6.22. The van der Waals surface area contributed by atoms with E-state index in [1.807, 2.05) is 6.92 Å². The van der Waals surface area contributed by atoms with Gasteiger partial charge in [0.15, 0.2) is 0 Å². The second-order valence-electron chi connectivity index (χ2n) is 6.81. The molecule has 0 amide bonds. The molecule has 1 aromatic carbocycles. The summed E-state index contributed by atoms with van der Waals surface area (Å²) in [5, 5.41) is 8.84. The summed E-state index contributed by atoms with van der Waals surface area (Å²) in [6.07, 6.45) is 0.791. The van der Waals surface area contributed by atoms with Gasteiger partial charge in [-0.25, -0.2) is 0 Å². The maximum absolute atomic E-state index is 12.2. The number of rotatable bonds is 6.